The molecule has 0 amide bonds. The standard InChI is InChI=1S/C12H21N3/c1-4-5-8-15(3)12-6-7-14-10-11(12)9-13-2/h6-7,10,13H,4-5,8-9H2,1-3H3. The Kier molecular flexibility index (Phi) is 5.12. The van der Waals surface area contributed by atoms with Gasteiger partial charge < -0.3 is 10.2 Å². The van der Waals surface area contributed by atoms with Crippen molar-refractivity contribution < 1.29 is 0 Å². The van der Waals surface area contributed by atoms with E-state index in [1.165, 1.54) is 24.1 Å². The average Bonchev–Trinajstić information content (AvgIpc) is 2.27. The Morgan fingerprint density at radius 1 is 1.47 bits per heavy atom. The van der Waals surface area contributed by atoms with Gasteiger partial charge in [0.05, 0.1) is 0 Å². The molecule has 3 nitrogen and oxygen atoms in total. The van der Waals surface area contributed by atoms with Crippen LogP contribution in [0.15, 0.2) is 18.5 Å². The maximum Gasteiger partial charge on any atom is 0.0440 e. The molecule has 0 saturated heterocycles. The molecule has 15 heavy (non-hydrogen) atoms. The van der Waals surface area contributed by atoms with Crippen molar-refractivity contribution >= 4 is 5.69 Å². The molecule has 0 aliphatic carbocycles. The van der Waals surface area contributed by atoms with E-state index in [9.17, 15) is 0 Å². The highest BCUT2D eigenvalue weighted by atomic mass is 15.1. The summed E-state index contributed by atoms with van der Waals surface area (Å²) >= 11 is 0. The van der Waals surface area contributed by atoms with Crippen molar-refractivity contribution in [1.82, 2.24) is 10.3 Å². The van der Waals surface area contributed by atoms with Crippen molar-refractivity contribution in [3.63, 3.8) is 0 Å². The normalized spacial score (nSPS) is 10.3. The molecule has 3 heteroatoms. The molecule has 0 aliphatic rings. The van der Waals surface area contributed by atoms with Gasteiger partial charge in [0.2, 0.25) is 0 Å². The lowest BCUT2D eigenvalue weighted by molar-refractivity contribution is 0.753. The first kappa shape index (κ1) is 12.0. The van der Waals surface area contributed by atoms with E-state index in [2.05, 4.69) is 35.2 Å². The van der Waals surface area contributed by atoms with Crippen LogP contribution in [0.3, 0.4) is 0 Å². The first-order valence-corrected chi connectivity index (χ1v) is 5.58. The van der Waals surface area contributed by atoms with E-state index in [-0.39, 0.29) is 0 Å². The lowest BCUT2D eigenvalue weighted by atomic mass is 10.2. The fourth-order valence-electron chi connectivity index (χ4n) is 1.63. The van der Waals surface area contributed by atoms with Crippen LogP contribution in [0.2, 0.25) is 0 Å². The Bertz CT molecular complexity index is 286. The molecule has 0 aromatic carbocycles. The molecular weight excluding hydrogens is 186 g/mol. The lowest BCUT2D eigenvalue weighted by Crippen LogP contribution is -2.21. The largest absolute Gasteiger partial charge is 0.374 e. The van der Waals surface area contributed by atoms with Crippen LogP contribution >= 0.6 is 0 Å². The molecule has 1 N–H and O–H groups in total. The average molecular weight is 207 g/mol. The van der Waals surface area contributed by atoms with Gasteiger partial charge in [-0.05, 0) is 19.5 Å². The highest BCUT2D eigenvalue weighted by Crippen LogP contribution is 2.17. The molecular formula is C12H21N3. The second-order valence-corrected chi connectivity index (χ2v) is 3.81. The highest BCUT2D eigenvalue weighted by Gasteiger charge is 2.05. The topological polar surface area (TPSA) is 28.2 Å². The first-order valence-electron chi connectivity index (χ1n) is 5.58. The van der Waals surface area contributed by atoms with Crippen LogP contribution in [0.4, 0.5) is 5.69 Å². The minimum atomic E-state index is 0.875. The molecule has 0 radical (unpaired) electrons. The lowest BCUT2D eigenvalue weighted by Gasteiger charge is -2.21. The summed E-state index contributed by atoms with van der Waals surface area (Å²) in [7, 11) is 4.10. The van der Waals surface area contributed by atoms with Gasteiger partial charge in [0, 0.05) is 43.8 Å². The Labute approximate surface area is 92.5 Å². The number of nitrogens with one attached hydrogen (secondary N) is 1. The van der Waals surface area contributed by atoms with Crippen molar-refractivity contribution in [2.45, 2.75) is 26.3 Å². The van der Waals surface area contributed by atoms with Gasteiger partial charge in [0.15, 0.2) is 0 Å². The minimum Gasteiger partial charge on any atom is -0.374 e. The van der Waals surface area contributed by atoms with E-state index in [1.54, 1.807) is 0 Å². The Balaban J connectivity index is 2.72. The quantitative estimate of drug-likeness (QED) is 0.773. The SMILES string of the molecule is CCCCN(C)c1ccncc1CNC. The Hall–Kier alpha value is -1.09. The number of anilines is 1. The number of aromatic nitrogens is 1. The Morgan fingerprint density at radius 2 is 2.27 bits per heavy atom. The summed E-state index contributed by atoms with van der Waals surface area (Å²) in [6, 6.07) is 2.09. The zero-order valence-corrected chi connectivity index (χ0v) is 9.95. The van der Waals surface area contributed by atoms with Gasteiger partial charge in [-0.25, -0.2) is 0 Å². The van der Waals surface area contributed by atoms with E-state index in [1.807, 2.05) is 19.4 Å². The van der Waals surface area contributed by atoms with E-state index in [0.29, 0.717) is 0 Å². The van der Waals surface area contributed by atoms with Gasteiger partial charge in [0.1, 0.15) is 0 Å². The Morgan fingerprint density at radius 3 is 2.93 bits per heavy atom. The molecule has 0 unspecified atom stereocenters. The third kappa shape index (κ3) is 3.51. The molecule has 84 valence electrons. The van der Waals surface area contributed by atoms with Gasteiger partial charge in [-0.15, -0.1) is 0 Å². The van der Waals surface area contributed by atoms with Crippen LogP contribution in [0.1, 0.15) is 25.3 Å². The van der Waals surface area contributed by atoms with Crippen molar-refractivity contribution in [1.29, 1.82) is 0 Å². The molecule has 0 bridgehead atoms. The molecule has 0 aliphatic heterocycles. The second kappa shape index (κ2) is 6.40. The molecule has 0 spiro atoms. The predicted octanol–water partition coefficient (Wildman–Crippen LogP) is 2.04. The van der Waals surface area contributed by atoms with E-state index >= 15 is 0 Å². The summed E-state index contributed by atoms with van der Waals surface area (Å²) in [4.78, 5) is 6.46. The molecule has 1 aromatic heterocycles. The predicted molar refractivity (Wildman–Crippen MR) is 65.2 cm³/mol. The van der Waals surface area contributed by atoms with Crippen molar-refractivity contribution in [3.05, 3.63) is 24.0 Å². The zero-order chi connectivity index (χ0) is 11.1. The number of pyridine rings is 1. The maximum atomic E-state index is 4.16. The van der Waals surface area contributed by atoms with Gasteiger partial charge in [-0.3, -0.25) is 4.98 Å². The minimum absolute atomic E-state index is 0.875. The highest BCUT2D eigenvalue weighted by molar-refractivity contribution is 5.51. The smallest absolute Gasteiger partial charge is 0.0440 e. The third-order valence-corrected chi connectivity index (χ3v) is 2.50. The fourth-order valence-corrected chi connectivity index (χ4v) is 1.63. The molecule has 1 heterocycles. The van der Waals surface area contributed by atoms with Crippen LogP contribution < -0.4 is 10.2 Å². The number of unbranched alkanes of at least 4 members (excludes halogenated alkanes) is 1. The summed E-state index contributed by atoms with van der Waals surface area (Å²) in [5.41, 5.74) is 2.55. The monoisotopic (exact) mass is 207 g/mol. The van der Waals surface area contributed by atoms with Crippen LogP contribution in [0.25, 0.3) is 0 Å². The maximum absolute atomic E-state index is 4.16. The van der Waals surface area contributed by atoms with Gasteiger partial charge in [-0.1, -0.05) is 13.3 Å². The molecule has 1 rings (SSSR count). The van der Waals surface area contributed by atoms with Gasteiger partial charge >= 0.3 is 0 Å². The summed E-state index contributed by atoms with van der Waals surface area (Å²) in [6.07, 6.45) is 6.26. The second-order valence-electron chi connectivity index (χ2n) is 3.81. The van der Waals surface area contributed by atoms with Crippen LogP contribution in [0.5, 0.6) is 0 Å². The van der Waals surface area contributed by atoms with E-state index < -0.39 is 0 Å². The fraction of sp³-hybridized carbons (Fsp3) is 0.583. The van der Waals surface area contributed by atoms with E-state index in [4.69, 9.17) is 0 Å². The number of rotatable bonds is 6. The summed E-state index contributed by atoms with van der Waals surface area (Å²) in [5.74, 6) is 0. The van der Waals surface area contributed by atoms with Crippen LogP contribution in [-0.2, 0) is 6.54 Å². The third-order valence-electron chi connectivity index (χ3n) is 2.50. The van der Waals surface area contributed by atoms with Gasteiger partial charge in [-0.2, -0.15) is 0 Å². The number of hydrogen-bond donors (Lipinski definition) is 1. The summed E-state index contributed by atoms with van der Waals surface area (Å²) < 4.78 is 0. The van der Waals surface area contributed by atoms with E-state index in [0.717, 1.165) is 13.1 Å². The van der Waals surface area contributed by atoms with Crippen molar-refractivity contribution in [3.8, 4) is 0 Å². The molecule has 0 saturated carbocycles. The molecule has 1 aromatic rings. The summed E-state index contributed by atoms with van der Waals surface area (Å²) in [5, 5.41) is 3.17. The first-order chi connectivity index (χ1) is 7.29. The summed E-state index contributed by atoms with van der Waals surface area (Å²) in [6.45, 7) is 4.20. The number of hydrogen-bond acceptors (Lipinski definition) is 3. The van der Waals surface area contributed by atoms with Crippen molar-refractivity contribution in [2.75, 3.05) is 25.5 Å². The molecule has 0 atom stereocenters. The van der Waals surface area contributed by atoms with Crippen LogP contribution in [0, 0.1) is 0 Å². The zero-order valence-electron chi connectivity index (χ0n) is 9.95. The van der Waals surface area contributed by atoms with Crippen molar-refractivity contribution in [2.24, 2.45) is 0 Å². The van der Waals surface area contributed by atoms with Gasteiger partial charge in [0.25, 0.3) is 0 Å². The van der Waals surface area contributed by atoms with Crippen LogP contribution in [-0.4, -0.2) is 25.6 Å². The molecule has 0 fully saturated rings. The number of nitrogens with zero attached hydrogens (tertiary/aromatic N) is 2.